The van der Waals surface area contributed by atoms with Gasteiger partial charge in [-0.1, -0.05) is 20.8 Å². The van der Waals surface area contributed by atoms with E-state index in [-0.39, 0.29) is 28.8 Å². The Hall–Kier alpha value is -0.120. The summed E-state index contributed by atoms with van der Waals surface area (Å²) in [7, 11) is 0. The lowest BCUT2D eigenvalue weighted by Gasteiger charge is -2.47. The van der Waals surface area contributed by atoms with E-state index < -0.39 is 11.7 Å². The SMILES string of the molecule is C[C@@H]1[C@@H](O)C[C@H]2C(C)(C)[C@@H]3C[C@@]12[C@@H](O)C[C@@]3(C)O. The minimum absolute atomic E-state index is 0.00722. The van der Waals surface area contributed by atoms with E-state index in [4.69, 9.17) is 0 Å². The van der Waals surface area contributed by atoms with Crippen LogP contribution in [0.4, 0.5) is 0 Å². The summed E-state index contributed by atoms with van der Waals surface area (Å²) in [6.45, 7) is 8.37. The average Bonchev–Trinajstić information content (AvgIpc) is 2.60. The largest absolute Gasteiger partial charge is 0.393 e. The van der Waals surface area contributed by atoms with E-state index in [1.54, 1.807) is 0 Å². The Morgan fingerprint density at radius 3 is 2.22 bits per heavy atom. The molecule has 3 aliphatic rings. The van der Waals surface area contributed by atoms with Crippen LogP contribution >= 0.6 is 0 Å². The van der Waals surface area contributed by atoms with Gasteiger partial charge in [-0.05, 0) is 42.9 Å². The van der Waals surface area contributed by atoms with Crippen LogP contribution in [0.15, 0.2) is 0 Å². The summed E-state index contributed by atoms with van der Waals surface area (Å²) >= 11 is 0. The van der Waals surface area contributed by atoms with Gasteiger partial charge in [0.15, 0.2) is 0 Å². The zero-order chi connectivity index (χ0) is 13.5. The fourth-order valence-corrected chi connectivity index (χ4v) is 5.94. The van der Waals surface area contributed by atoms with Crippen LogP contribution in [0, 0.1) is 28.6 Å². The zero-order valence-corrected chi connectivity index (χ0v) is 11.8. The summed E-state index contributed by atoms with van der Waals surface area (Å²) < 4.78 is 0. The number of rotatable bonds is 0. The van der Waals surface area contributed by atoms with Gasteiger partial charge in [-0.25, -0.2) is 0 Å². The Balaban J connectivity index is 2.12. The Morgan fingerprint density at radius 1 is 1.00 bits per heavy atom. The molecule has 18 heavy (non-hydrogen) atoms. The Morgan fingerprint density at radius 2 is 1.61 bits per heavy atom. The highest BCUT2D eigenvalue weighted by Gasteiger charge is 2.72. The Labute approximate surface area is 109 Å². The highest BCUT2D eigenvalue weighted by atomic mass is 16.3. The third-order valence-corrected chi connectivity index (χ3v) is 6.88. The first-order valence-corrected chi connectivity index (χ1v) is 7.22. The van der Waals surface area contributed by atoms with Crippen LogP contribution in [0.3, 0.4) is 0 Å². The first-order valence-electron chi connectivity index (χ1n) is 7.22. The molecule has 2 bridgehead atoms. The second-order valence-corrected chi connectivity index (χ2v) is 7.91. The lowest BCUT2D eigenvalue weighted by atomic mass is 9.62. The Bertz CT molecular complexity index is 376. The highest BCUT2D eigenvalue weighted by molar-refractivity contribution is 5.21. The summed E-state index contributed by atoms with van der Waals surface area (Å²) in [6, 6.07) is 0. The van der Waals surface area contributed by atoms with Crippen molar-refractivity contribution in [1.82, 2.24) is 0 Å². The van der Waals surface area contributed by atoms with E-state index in [1.807, 2.05) is 6.92 Å². The van der Waals surface area contributed by atoms with Crippen LogP contribution in [0.25, 0.3) is 0 Å². The van der Waals surface area contributed by atoms with Crippen LogP contribution in [0.1, 0.15) is 47.0 Å². The quantitative estimate of drug-likeness (QED) is 0.614. The van der Waals surface area contributed by atoms with Crippen LogP contribution in [-0.4, -0.2) is 33.1 Å². The van der Waals surface area contributed by atoms with Gasteiger partial charge >= 0.3 is 0 Å². The second-order valence-electron chi connectivity index (χ2n) is 7.91. The van der Waals surface area contributed by atoms with E-state index in [1.165, 1.54) is 0 Å². The standard InChI is InChI=1S/C15H26O3/c1-8-9(16)5-10-13(2,3)11-6-15(8,10)12(17)7-14(11,4)18/h8-12,16-18H,5-7H2,1-4H3/t8-,9+,10+,11+,12+,14-,15-/m1/s1. The van der Waals surface area contributed by atoms with Crippen LogP contribution in [-0.2, 0) is 0 Å². The maximum absolute atomic E-state index is 10.6. The number of hydrogen-bond acceptors (Lipinski definition) is 3. The normalized spacial score (nSPS) is 61.8. The third kappa shape index (κ3) is 1.21. The average molecular weight is 254 g/mol. The molecule has 3 N–H and O–H groups in total. The number of fused-ring (bicyclic) bond motifs is 1. The molecule has 0 aliphatic heterocycles. The van der Waals surface area contributed by atoms with Gasteiger partial charge in [0.1, 0.15) is 0 Å². The molecule has 7 atom stereocenters. The minimum atomic E-state index is -0.775. The molecule has 0 heterocycles. The van der Waals surface area contributed by atoms with Gasteiger partial charge in [0.2, 0.25) is 0 Å². The van der Waals surface area contributed by atoms with E-state index >= 15 is 0 Å². The van der Waals surface area contributed by atoms with Crippen molar-refractivity contribution < 1.29 is 15.3 Å². The molecule has 0 saturated heterocycles. The molecule has 0 amide bonds. The van der Waals surface area contributed by atoms with Crippen molar-refractivity contribution in [3.05, 3.63) is 0 Å². The van der Waals surface area contributed by atoms with Gasteiger partial charge in [0.25, 0.3) is 0 Å². The summed E-state index contributed by atoms with van der Waals surface area (Å²) in [5, 5.41) is 31.5. The molecule has 3 fully saturated rings. The van der Waals surface area contributed by atoms with Crippen molar-refractivity contribution in [1.29, 1.82) is 0 Å². The van der Waals surface area contributed by atoms with E-state index in [0.717, 1.165) is 12.8 Å². The van der Waals surface area contributed by atoms with Gasteiger partial charge in [-0.2, -0.15) is 0 Å². The fourth-order valence-electron chi connectivity index (χ4n) is 5.94. The number of aliphatic hydroxyl groups excluding tert-OH is 2. The monoisotopic (exact) mass is 254 g/mol. The van der Waals surface area contributed by atoms with Gasteiger partial charge in [-0.15, -0.1) is 0 Å². The highest BCUT2D eigenvalue weighted by Crippen LogP contribution is 2.72. The maximum atomic E-state index is 10.6. The molecular weight excluding hydrogens is 228 g/mol. The molecule has 3 heteroatoms. The lowest BCUT2D eigenvalue weighted by Crippen LogP contribution is -2.51. The summed E-state index contributed by atoms with van der Waals surface area (Å²) in [5.41, 5.74) is -0.953. The molecule has 0 aromatic carbocycles. The van der Waals surface area contributed by atoms with Crippen LogP contribution < -0.4 is 0 Å². The molecule has 3 nitrogen and oxygen atoms in total. The van der Waals surface area contributed by atoms with Gasteiger partial charge in [-0.3, -0.25) is 0 Å². The molecule has 0 unspecified atom stereocenters. The summed E-state index contributed by atoms with van der Waals surface area (Å²) in [6.07, 6.45) is 1.30. The molecule has 1 spiro atoms. The third-order valence-electron chi connectivity index (χ3n) is 6.88. The predicted molar refractivity (Wildman–Crippen MR) is 68.8 cm³/mol. The molecule has 3 saturated carbocycles. The van der Waals surface area contributed by atoms with E-state index in [0.29, 0.717) is 12.3 Å². The van der Waals surface area contributed by atoms with Crippen molar-refractivity contribution in [2.75, 3.05) is 0 Å². The lowest BCUT2D eigenvalue weighted by molar-refractivity contribution is -0.134. The molecular formula is C15H26O3. The maximum Gasteiger partial charge on any atom is 0.0678 e. The molecule has 0 aromatic heterocycles. The van der Waals surface area contributed by atoms with Crippen molar-refractivity contribution in [2.45, 2.75) is 64.8 Å². The smallest absolute Gasteiger partial charge is 0.0678 e. The summed E-state index contributed by atoms with van der Waals surface area (Å²) in [5.74, 6) is 0.690. The minimum Gasteiger partial charge on any atom is -0.393 e. The van der Waals surface area contributed by atoms with E-state index in [9.17, 15) is 15.3 Å². The number of hydrogen-bond donors (Lipinski definition) is 3. The second kappa shape index (κ2) is 3.31. The molecule has 3 rings (SSSR count). The van der Waals surface area contributed by atoms with Gasteiger partial charge in [0.05, 0.1) is 17.8 Å². The predicted octanol–water partition coefficient (Wildman–Crippen LogP) is 1.55. The topological polar surface area (TPSA) is 60.7 Å². The fraction of sp³-hybridized carbons (Fsp3) is 1.00. The molecule has 104 valence electrons. The van der Waals surface area contributed by atoms with Crippen LogP contribution in [0.5, 0.6) is 0 Å². The Kier molecular flexibility index (Phi) is 2.37. The van der Waals surface area contributed by atoms with Crippen LogP contribution in [0.2, 0.25) is 0 Å². The zero-order valence-electron chi connectivity index (χ0n) is 11.8. The van der Waals surface area contributed by atoms with Crippen molar-refractivity contribution >= 4 is 0 Å². The molecule has 0 radical (unpaired) electrons. The number of aliphatic hydroxyl groups is 3. The molecule has 0 aromatic rings. The first kappa shape index (κ1) is 12.9. The van der Waals surface area contributed by atoms with Crippen molar-refractivity contribution in [3.63, 3.8) is 0 Å². The first-order chi connectivity index (χ1) is 8.14. The summed E-state index contributed by atoms with van der Waals surface area (Å²) in [4.78, 5) is 0. The molecule has 3 aliphatic carbocycles. The van der Waals surface area contributed by atoms with Crippen molar-refractivity contribution in [3.8, 4) is 0 Å². The van der Waals surface area contributed by atoms with E-state index in [2.05, 4.69) is 20.8 Å². The van der Waals surface area contributed by atoms with Crippen molar-refractivity contribution in [2.24, 2.45) is 28.6 Å². The van der Waals surface area contributed by atoms with Gasteiger partial charge in [0, 0.05) is 11.8 Å². The van der Waals surface area contributed by atoms with Gasteiger partial charge < -0.3 is 15.3 Å².